The van der Waals surface area contributed by atoms with Crippen LogP contribution in [0.15, 0.2) is 88.2 Å². The molecule has 0 radical (unpaired) electrons. The van der Waals surface area contributed by atoms with Gasteiger partial charge < -0.3 is 0 Å². The SMILES string of the molecule is O=C1/C(=C\c2ccncc2)N=C(c2ccccc2Cl)N1c1ccc(Br)cc1. The molecule has 0 saturated heterocycles. The summed E-state index contributed by atoms with van der Waals surface area (Å²) in [4.78, 5) is 23.4. The lowest BCUT2D eigenvalue weighted by atomic mass is 10.1. The van der Waals surface area contributed by atoms with Crippen LogP contribution in [0.4, 0.5) is 5.69 Å². The molecule has 3 aromatic rings. The zero-order valence-corrected chi connectivity index (χ0v) is 16.4. The number of carbonyl (C=O) groups excluding carboxylic acids is 1. The molecule has 1 amide bonds. The summed E-state index contributed by atoms with van der Waals surface area (Å²) in [5.41, 5.74) is 2.63. The first-order valence-corrected chi connectivity index (χ1v) is 9.36. The van der Waals surface area contributed by atoms with Crippen molar-refractivity contribution < 1.29 is 4.79 Å². The molecule has 4 rings (SSSR count). The number of halogens is 2. The van der Waals surface area contributed by atoms with Gasteiger partial charge in [-0.15, -0.1) is 0 Å². The number of amidine groups is 1. The number of anilines is 1. The van der Waals surface area contributed by atoms with Gasteiger partial charge in [-0.1, -0.05) is 39.7 Å². The second-order valence-corrected chi connectivity index (χ2v) is 7.17. The van der Waals surface area contributed by atoms with E-state index < -0.39 is 0 Å². The lowest BCUT2D eigenvalue weighted by Crippen LogP contribution is -2.32. The third kappa shape index (κ3) is 3.56. The fourth-order valence-corrected chi connectivity index (χ4v) is 3.27. The Kier molecular flexibility index (Phi) is 4.88. The van der Waals surface area contributed by atoms with Crippen molar-refractivity contribution in [2.75, 3.05) is 4.90 Å². The molecule has 0 spiro atoms. The van der Waals surface area contributed by atoms with Crippen molar-refractivity contribution in [2.45, 2.75) is 0 Å². The number of pyridine rings is 1. The molecular weight excluding hydrogens is 426 g/mol. The van der Waals surface area contributed by atoms with E-state index in [1.165, 1.54) is 0 Å². The van der Waals surface area contributed by atoms with Crippen molar-refractivity contribution in [3.63, 3.8) is 0 Å². The first kappa shape index (κ1) is 17.6. The highest BCUT2D eigenvalue weighted by molar-refractivity contribution is 9.10. The Morgan fingerprint density at radius 3 is 2.37 bits per heavy atom. The van der Waals surface area contributed by atoms with E-state index in [1.807, 2.05) is 54.6 Å². The predicted molar refractivity (Wildman–Crippen MR) is 112 cm³/mol. The summed E-state index contributed by atoms with van der Waals surface area (Å²) >= 11 is 9.81. The van der Waals surface area contributed by atoms with Crippen LogP contribution in [0.5, 0.6) is 0 Å². The minimum absolute atomic E-state index is 0.205. The number of aliphatic imine (C=N–C) groups is 1. The Hall–Kier alpha value is -2.76. The quantitative estimate of drug-likeness (QED) is 0.519. The molecule has 132 valence electrons. The molecule has 0 saturated carbocycles. The normalized spacial score (nSPS) is 15.3. The third-order valence-corrected chi connectivity index (χ3v) is 4.93. The molecular formula is C21H13BrClN3O. The molecule has 4 nitrogen and oxygen atoms in total. The van der Waals surface area contributed by atoms with Crippen LogP contribution in [0.3, 0.4) is 0 Å². The number of hydrogen-bond acceptors (Lipinski definition) is 3. The summed E-state index contributed by atoms with van der Waals surface area (Å²) in [6.45, 7) is 0. The average molecular weight is 439 g/mol. The lowest BCUT2D eigenvalue weighted by Gasteiger charge is -2.19. The Morgan fingerprint density at radius 1 is 0.963 bits per heavy atom. The lowest BCUT2D eigenvalue weighted by molar-refractivity contribution is -0.113. The van der Waals surface area contributed by atoms with Gasteiger partial charge in [-0.3, -0.25) is 14.7 Å². The highest BCUT2D eigenvalue weighted by Gasteiger charge is 2.33. The number of hydrogen-bond donors (Lipinski definition) is 0. The van der Waals surface area contributed by atoms with Crippen LogP contribution in [0, 0.1) is 0 Å². The van der Waals surface area contributed by atoms with Crippen LogP contribution in [0.2, 0.25) is 5.02 Å². The molecule has 1 aliphatic heterocycles. The highest BCUT2D eigenvalue weighted by Crippen LogP contribution is 2.30. The summed E-state index contributed by atoms with van der Waals surface area (Å²) in [5, 5.41) is 0.538. The number of aromatic nitrogens is 1. The minimum atomic E-state index is -0.205. The third-order valence-electron chi connectivity index (χ3n) is 4.07. The number of nitrogens with zero attached hydrogens (tertiary/aromatic N) is 3. The van der Waals surface area contributed by atoms with Gasteiger partial charge in [0.05, 0.1) is 10.7 Å². The maximum absolute atomic E-state index is 13.2. The van der Waals surface area contributed by atoms with Gasteiger partial charge in [-0.2, -0.15) is 0 Å². The Morgan fingerprint density at radius 2 is 1.67 bits per heavy atom. The largest absolute Gasteiger partial charge is 0.282 e. The molecule has 1 aliphatic rings. The number of amides is 1. The van der Waals surface area contributed by atoms with E-state index in [0.29, 0.717) is 22.1 Å². The fourth-order valence-electron chi connectivity index (χ4n) is 2.79. The summed E-state index contributed by atoms with van der Waals surface area (Å²) < 4.78 is 0.932. The van der Waals surface area contributed by atoms with Gasteiger partial charge in [0.1, 0.15) is 11.5 Å². The van der Waals surface area contributed by atoms with Gasteiger partial charge in [-0.25, -0.2) is 4.99 Å². The smallest absolute Gasteiger partial charge is 0.266 e. The van der Waals surface area contributed by atoms with Crippen molar-refractivity contribution in [3.8, 4) is 0 Å². The molecule has 6 heteroatoms. The molecule has 0 aliphatic carbocycles. The molecule has 0 atom stereocenters. The van der Waals surface area contributed by atoms with E-state index >= 15 is 0 Å². The Labute approximate surface area is 170 Å². The van der Waals surface area contributed by atoms with Gasteiger partial charge in [-0.05, 0) is 60.2 Å². The van der Waals surface area contributed by atoms with Crippen molar-refractivity contribution in [1.82, 2.24) is 4.98 Å². The second kappa shape index (κ2) is 7.47. The molecule has 0 bridgehead atoms. The Bertz CT molecular complexity index is 1060. The molecule has 2 heterocycles. The van der Waals surface area contributed by atoms with Crippen molar-refractivity contribution in [1.29, 1.82) is 0 Å². The van der Waals surface area contributed by atoms with E-state index in [1.54, 1.807) is 29.4 Å². The van der Waals surface area contributed by atoms with Crippen LogP contribution < -0.4 is 4.90 Å². The fraction of sp³-hybridized carbons (Fsp3) is 0. The van der Waals surface area contributed by atoms with Crippen molar-refractivity contribution >= 4 is 51.0 Å². The molecule has 27 heavy (non-hydrogen) atoms. The standard InChI is InChI=1S/C21H13BrClN3O/c22-15-5-7-16(8-6-15)26-20(17-3-1-2-4-18(17)23)25-19(21(26)27)13-14-9-11-24-12-10-14/h1-13H/b19-13+. The number of carbonyl (C=O) groups is 1. The van der Waals surface area contributed by atoms with Crippen LogP contribution in [-0.2, 0) is 4.79 Å². The van der Waals surface area contributed by atoms with Crippen molar-refractivity contribution in [3.05, 3.63) is 99.4 Å². The first-order valence-electron chi connectivity index (χ1n) is 8.19. The van der Waals surface area contributed by atoms with E-state index in [0.717, 1.165) is 15.7 Å². The second-order valence-electron chi connectivity index (χ2n) is 5.84. The first-order chi connectivity index (χ1) is 13.1. The monoisotopic (exact) mass is 437 g/mol. The number of rotatable bonds is 3. The maximum atomic E-state index is 13.2. The summed E-state index contributed by atoms with van der Waals surface area (Å²) in [5.74, 6) is 0.303. The summed E-state index contributed by atoms with van der Waals surface area (Å²) in [7, 11) is 0. The molecule has 1 aromatic heterocycles. The van der Waals surface area contributed by atoms with Crippen LogP contribution in [0.1, 0.15) is 11.1 Å². The Balaban J connectivity index is 1.85. The minimum Gasteiger partial charge on any atom is -0.266 e. The predicted octanol–water partition coefficient (Wildman–Crippen LogP) is 5.33. The molecule has 0 unspecified atom stereocenters. The maximum Gasteiger partial charge on any atom is 0.282 e. The molecule has 0 fully saturated rings. The topological polar surface area (TPSA) is 45.6 Å². The van der Waals surface area contributed by atoms with Gasteiger partial charge in [0, 0.05) is 22.4 Å². The van der Waals surface area contributed by atoms with Crippen LogP contribution in [0.25, 0.3) is 6.08 Å². The van der Waals surface area contributed by atoms with Gasteiger partial charge in [0.15, 0.2) is 0 Å². The number of benzene rings is 2. The molecule has 0 N–H and O–H groups in total. The summed E-state index contributed by atoms with van der Waals surface area (Å²) in [6, 6.07) is 18.5. The highest BCUT2D eigenvalue weighted by atomic mass is 79.9. The van der Waals surface area contributed by atoms with Crippen LogP contribution >= 0.6 is 27.5 Å². The van der Waals surface area contributed by atoms with Crippen molar-refractivity contribution in [2.24, 2.45) is 4.99 Å². The van der Waals surface area contributed by atoms with Gasteiger partial charge >= 0.3 is 0 Å². The summed E-state index contributed by atoms with van der Waals surface area (Å²) in [6.07, 6.45) is 5.10. The van der Waals surface area contributed by atoms with Gasteiger partial charge in [0.2, 0.25) is 0 Å². The van der Waals surface area contributed by atoms with Gasteiger partial charge in [0.25, 0.3) is 5.91 Å². The van der Waals surface area contributed by atoms with E-state index in [4.69, 9.17) is 11.6 Å². The van der Waals surface area contributed by atoms with E-state index in [-0.39, 0.29) is 5.91 Å². The molecule has 2 aromatic carbocycles. The van der Waals surface area contributed by atoms with E-state index in [9.17, 15) is 4.79 Å². The van der Waals surface area contributed by atoms with E-state index in [2.05, 4.69) is 25.9 Å². The zero-order valence-electron chi connectivity index (χ0n) is 14.0. The average Bonchev–Trinajstić information content (AvgIpc) is 3.00. The van der Waals surface area contributed by atoms with Crippen LogP contribution in [-0.4, -0.2) is 16.7 Å². The zero-order chi connectivity index (χ0) is 18.8.